The zero-order valence-corrected chi connectivity index (χ0v) is 59.9. The van der Waals surface area contributed by atoms with Crippen molar-refractivity contribution in [2.24, 2.45) is 5.92 Å². The summed E-state index contributed by atoms with van der Waals surface area (Å²) in [5.74, 6) is -3.39. The fraction of sp³-hybridized carbons (Fsp3) is 0.627. The molecule has 1 aromatic carbocycles. The lowest BCUT2D eigenvalue weighted by atomic mass is 9.86. The molecule has 3 aliphatic heterocycles. The summed E-state index contributed by atoms with van der Waals surface area (Å²) in [6, 6.07) is 3.16. The van der Waals surface area contributed by atoms with Crippen molar-refractivity contribution in [3.8, 4) is 22.9 Å². The molecule has 564 valence electrons. The highest BCUT2D eigenvalue weighted by atomic mass is 32.2. The average molecular weight is 1460 g/mol. The zero-order valence-electron chi connectivity index (χ0n) is 59.1. The number of amides is 6. The summed E-state index contributed by atoms with van der Waals surface area (Å²) in [7, 11) is 0.286. The van der Waals surface area contributed by atoms with Crippen LogP contribution in [0.5, 0.6) is 11.5 Å². The van der Waals surface area contributed by atoms with Gasteiger partial charge in [0.25, 0.3) is 11.5 Å². The number of esters is 1. The van der Waals surface area contributed by atoms with E-state index in [1.54, 1.807) is 42.4 Å². The largest absolute Gasteiger partial charge is 0.458 e. The van der Waals surface area contributed by atoms with Gasteiger partial charge in [-0.3, -0.25) is 33.6 Å². The summed E-state index contributed by atoms with van der Waals surface area (Å²) in [5.41, 5.74) is 1.10. The van der Waals surface area contributed by atoms with E-state index in [1.807, 2.05) is 32.0 Å². The normalized spacial score (nSPS) is 15.0. The minimum Gasteiger partial charge on any atom is -0.458 e. The molecule has 0 saturated heterocycles. The Morgan fingerprint density at radius 1 is 0.696 bits per heavy atom. The second-order valence-corrected chi connectivity index (χ2v) is 26.5. The molecule has 6 N–H and O–H groups in total. The van der Waals surface area contributed by atoms with Gasteiger partial charge in [-0.2, -0.15) is 0 Å². The van der Waals surface area contributed by atoms with E-state index in [9.17, 15) is 51.9 Å². The van der Waals surface area contributed by atoms with Crippen molar-refractivity contribution in [3.05, 3.63) is 68.8 Å². The number of carbonyl (C=O) groups excluding carboxylic acids is 7. The molecule has 35 heteroatoms. The van der Waals surface area contributed by atoms with Crippen LogP contribution in [0.2, 0.25) is 0 Å². The van der Waals surface area contributed by atoms with Crippen LogP contribution in [-0.2, 0) is 111 Å². The van der Waals surface area contributed by atoms with Crippen molar-refractivity contribution >= 4 is 62.2 Å². The predicted octanol–water partition coefficient (Wildman–Crippen LogP) is -0.480. The number of rotatable bonds is 49. The number of fused-ring (bicyclic) bond motifs is 6. The minimum absolute atomic E-state index is 0.0114. The number of benzene rings is 1. The molecule has 3 atom stereocenters. The number of carbonyl (C=O) groups is 7. The number of hydrogen-bond acceptors (Lipinski definition) is 27. The fourth-order valence-electron chi connectivity index (χ4n) is 11.0. The van der Waals surface area contributed by atoms with E-state index in [-0.39, 0.29) is 119 Å². The standard InChI is InChI=1S/C67H97N11O23S/c1-8-67(87)50-33-53-60-48(38-78(53)64(85)49(50)39-99-65(67)86)46(47-32-54-55(101-43-100-54)34-52(47)73-60)13-16-77(9-2)58(81)41-98-42-72-56(79)37-69-62(83)51(12-10-11-15-76(5)6)74-63(84)59(44(3)4)75-57(80)40-97-31-30-96-29-28-95-27-26-94-25-24-93-23-22-92-21-20-91-19-18-90-17-14-68-61(82)45-35-70-66(71-36-45)102(7,88)89/h32-36,44,51,59,87H,8-31,37-43H2,1-7H3,(H,68,82)(H,69,83)(H,72,79)(H,74,84)(H,75,80)/t51-,59-,67-/m0/s1. The Hall–Kier alpha value is -7.94. The van der Waals surface area contributed by atoms with Gasteiger partial charge in [0.15, 0.2) is 17.1 Å². The van der Waals surface area contributed by atoms with Crippen molar-refractivity contribution in [2.75, 3.05) is 179 Å². The second kappa shape index (κ2) is 41.4. The van der Waals surface area contributed by atoms with Crippen molar-refractivity contribution in [3.63, 3.8) is 0 Å². The number of cyclic esters (lactones) is 1. The quantitative estimate of drug-likeness (QED) is 0.0124. The van der Waals surface area contributed by atoms with Gasteiger partial charge >= 0.3 is 5.97 Å². The molecule has 6 amide bonds. The Kier molecular flexibility index (Phi) is 33.0. The maximum absolute atomic E-state index is 14.0. The molecule has 0 radical (unpaired) electrons. The first-order valence-corrected chi connectivity index (χ1v) is 35.9. The SMILES string of the molecule is CCN(CCc1c2c(nc3cc4c(cc13)OCO4)-c1cc3c(c(=O)n1C2)COC(=O)[C@]3(O)CC)C(=O)COCNC(=O)CNC(=O)[C@H](CCCCN(C)C)NC(=O)[C@@H](NC(=O)COCCOCCOCCOCCOCCOCCOCCOCCNC(=O)c1cnc(S(C)(=O)=O)nc1)C(C)C. The highest BCUT2D eigenvalue weighted by Crippen LogP contribution is 2.43. The van der Waals surface area contributed by atoms with Gasteiger partial charge < -0.3 is 103 Å². The number of sulfone groups is 1. The molecule has 0 unspecified atom stereocenters. The van der Waals surface area contributed by atoms with Crippen LogP contribution >= 0.6 is 0 Å². The van der Waals surface area contributed by atoms with Crippen molar-refractivity contribution < 1.29 is 104 Å². The van der Waals surface area contributed by atoms with E-state index in [2.05, 4.69) is 36.6 Å². The third kappa shape index (κ3) is 24.3. The monoisotopic (exact) mass is 1460 g/mol. The van der Waals surface area contributed by atoms with E-state index in [0.29, 0.717) is 120 Å². The Bertz CT molecular complexity index is 3640. The number of likely N-dealkylation sites (N-methyl/N-ethyl adjacent to an activating group) is 1. The van der Waals surface area contributed by atoms with Crippen molar-refractivity contribution in [1.29, 1.82) is 0 Å². The molecular weight excluding hydrogens is 1360 g/mol. The van der Waals surface area contributed by atoms with Gasteiger partial charge in [0.05, 0.1) is 140 Å². The zero-order chi connectivity index (χ0) is 73.6. The molecule has 4 aromatic rings. The van der Waals surface area contributed by atoms with Crippen molar-refractivity contribution in [2.45, 2.75) is 95.8 Å². The maximum Gasteiger partial charge on any atom is 0.343 e. The molecule has 3 aliphatic rings. The number of nitrogens with zero attached hydrogens (tertiary/aromatic N) is 6. The molecule has 6 heterocycles. The molecule has 0 fully saturated rings. The first kappa shape index (κ1) is 81.4. The third-order valence-corrected chi connectivity index (χ3v) is 17.4. The van der Waals surface area contributed by atoms with Gasteiger partial charge in [-0.05, 0) is 83.3 Å². The maximum atomic E-state index is 14.0. The summed E-state index contributed by atoms with van der Waals surface area (Å²) in [6.07, 6.45) is 5.11. The van der Waals surface area contributed by atoms with Crippen LogP contribution in [0.25, 0.3) is 22.3 Å². The Balaban J connectivity index is 0.717. The number of unbranched alkanes of at least 4 members (excludes halogenated alkanes) is 1. The van der Waals surface area contributed by atoms with Gasteiger partial charge in [-0.15, -0.1) is 0 Å². The van der Waals surface area contributed by atoms with Gasteiger partial charge in [-0.25, -0.2) is 28.2 Å². The summed E-state index contributed by atoms with van der Waals surface area (Å²) in [5, 5.41) is 25.1. The van der Waals surface area contributed by atoms with E-state index in [4.69, 9.17) is 61.8 Å². The van der Waals surface area contributed by atoms with Crippen LogP contribution in [0.1, 0.15) is 86.0 Å². The number of aliphatic hydroxyl groups is 1. The first-order valence-electron chi connectivity index (χ1n) is 34.0. The van der Waals surface area contributed by atoms with E-state index < -0.39 is 81.7 Å². The average Bonchev–Trinajstić information content (AvgIpc) is 1.56. The second-order valence-electron chi connectivity index (χ2n) is 24.5. The summed E-state index contributed by atoms with van der Waals surface area (Å²) >= 11 is 0. The molecule has 0 saturated carbocycles. The molecule has 0 spiro atoms. The van der Waals surface area contributed by atoms with E-state index >= 15 is 0 Å². The lowest BCUT2D eigenvalue weighted by Crippen LogP contribution is -2.56. The Morgan fingerprint density at radius 2 is 1.29 bits per heavy atom. The Morgan fingerprint density at radius 3 is 1.87 bits per heavy atom. The third-order valence-electron chi connectivity index (χ3n) is 16.5. The molecule has 0 bridgehead atoms. The highest BCUT2D eigenvalue weighted by molar-refractivity contribution is 7.90. The van der Waals surface area contributed by atoms with Crippen LogP contribution in [0, 0.1) is 5.92 Å². The summed E-state index contributed by atoms with van der Waals surface area (Å²) in [6.45, 7) is 11.5. The summed E-state index contributed by atoms with van der Waals surface area (Å²) < 4.78 is 90.7. The fourth-order valence-corrected chi connectivity index (χ4v) is 11.5. The van der Waals surface area contributed by atoms with Crippen LogP contribution < -0.4 is 41.6 Å². The first-order chi connectivity index (χ1) is 49.0. The number of hydrogen-bond donors (Lipinski definition) is 6. The molecule has 3 aromatic heterocycles. The van der Waals surface area contributed by atoms with Gasteiger partial charge in [0.2, 0.25) is 51.3 Å². The van der Waals surface area contributed by atoms with Gasteiger partial charge in [0, 0.05) is 60.9 Å². The van der Waals surface area contributed by atoms with E-state index in [1.165, 1.54) is 0 Å². The topological polar surface area (TPSA) is 412 Å². The summed E-state index contributed by atoms with van der Waals surface area (Å²) in [4.78, 5) is 122. The molecule has 0 aliphatic carbocycles. The highest BCUT2D eigenvalue weighted by Gasteiger charge is 2.46. The molecule has 7 rings (SSSR count). The number of nitrogens with one attached hydrogen (secondary N) is 5. The molecule has 34 nitrogen and oxygen atoms in total. The predicted molar refractivity (Wildman–Crippen MR) is 364 cm³/mol. The Labute approximate surface area is 592 Å². The smallest absolute Gasteiger partial charge is 0.343 e. The van der Waals surface area contributed by atoms with Gasteiger partial charge in [0.1, 0.15) is 38.6 Å². The van der Waals surface area contributed by atoms with Crippen LogP contribution in [0.4, 0.5) is 0 Å². The number of ether oxygens (including phenoxy) is 12. The lowest BCUT2D eigenvalue weighted by Gasteiger charge is -2.31. The van der Waals surface area contributed by atoms with Crippen LogP contribution in [0.15, 0.2) is 40.5 Å². The van der Waals surface area contributed by atoms with Gasteiger partial charge in [-0.1, -0.05) is 20.8 Å². The number of aromatic nitrogens is 4. The molecule has 102 heavy (non-hydrogen) atoms. The lowest BCUT2D eigenvalue weighted by molar-refractivity contribution is -0.172. The molecular formula is C67H97N11O23S. The number of pyridine rings is 2. The van der Waals surface area contributed by atoms with E-state index in [0.717, 1.165) is 48.1 Å². The van der Waals surface area contributed by atoms with Crippen LogP contribution in [0.3, 0.4) is 0 Å². The van der Waals surface area contributed by atoms with Crippen molar-refractivity contribution in [1.82, 2.24) is 55.9 Å². The van der Waals surface area contributed by atoms with Crippen LogP contribution in [-0.4, -0.2) is 275 Å². The minimum atomic E-state index is -3.56.